The van der Waals surface area contributed by atoms with Gasteiger partial charge in [-0.3, -0.25) is 0 Å². The van der Waals surface area contributed by atoms with Gasteiger partial charge in [0.05, 0.1) is 19.2 Å². The first-order valence-corrected chi connectivity index (χ1v) is 8.15. The lowest BCUT2D eigenvalue weighted by atomic mass is 10.1. The Morgan fingerprint density at radius 2 is 1.81 bits per heavy atom. The van der Waals surface area contributed by atoms with E-state index in [1.54, 1.807) is 24.3 Å². The molecule has 0 unspecified atom stereocenters. The third-order valence-corrected chi connectivity index (χ3v) is 3.90. The van der Waals surface area contributed by atoms with Gasteiger partial charge in [-0.1, -0.05) is 41.9 Å². The largest absolute Gasteiger partial charge is 0.493 e. The molecule has 0 saturated carbocycles. The van der Waals surface area contributed by atoms with Crippen LogP contribution in [-0.2, 0) is 9.53 Å². The zero-order valence-electron chi connectivity index (χ0n) is 14.2. The van der Waals surface area contributed by atoms with Crippen LogP contribution in [0.25, 0.3) is 12.2 Å². The van der Waals surface area contributed by atoms with Gasteiger partial charge in [-0.2, -0.15) is 0 Å². The normalized spacial score (nSPS) is 15.3. The molecule has 2 aromatic rings. The Kier molecular flexibility index (Phi) is 5.39. The van der Waals surface area contributed by atoms with Crippen LogP contribution in [0, 0.1) is 0 Å². The minimum atomic E-state index is -0.524. The van der Waals surface area contributed by atoms with Crippen molar-refractivity contribution in [2.24, 2.45) is 4.99 Å². The predicted molar refractivity (Wildman–Crippen MR) is 102 cm³/mol. The molecule has 0 radical (unpaired) electrons. The summed E-state index contributed by atoms with van der Waals surface area (Å²) in [4.78, 5) is 16.2. The first-order valence-electron chi connectivity index (χ1n) is 7.78. The number of rotatable bonds is 5. The van der Waals surface area contributed by atoms with Gasteiger partial charge in [-0.05, 0) is 35.4 Å². The number of hydrogen-bond donors (Lipinski definition) is 0. The maximum Gasteiger partial charge on any atom is 0.363 e. The van der Waals surface area contributed by atoms with Crippen LogP contribution in [0.4, 0.5) is 0 Å². The van der Waals surface area contributed by atoms with Crippen molar-refractivity contribution in [3.8, 4) is 11.5 Å². The van der Waals surface area contributed by atoms with E-state index < -0.39 is 5.97 Å². The van der Waals surface area contributed by atoms with Crippen LogP contribution in [0.2, 0.25) is 5.02 Å². The van der Waals surface area contributed by atoms with Crippen molar-refractivity contribution in [3.63, 3.8) is 0 Å². The van der Waals surface area contributed by atoms with E-state index in [-0.39, 0.29) is 11.6 Å². The van der Waals surface area contributed by atoms with Crippen LogP contribution >= 0.6 is 11.6 Å². The average molecular weight is 370 g/mol. The number of esters is 1. The van der Waals surface area contributed by atoms with Crippen LogP contribution in [0.1, 0.15) is 11.1 Å². The second kappa shape index (κ2) is 7.89. The third kappa shape index (κ3) is 3.95. The van der Waals surface area contributed by atoms with E-state index in [2.05, 4.69) is 4.99 Å². The lowest BCUT2D eigenvalue weighted by molar-refractivity contribution is -0.129. The predicted octanol–water partition coefficient (Wildman–Crippen LogP) is 4.37. The standard InChI is InChI=1S/C20H16ClNO4/c1-24-17-12-14(10-15(21)19(17)25-2)11-16-20(23)26-18(22-16)9-8-13-6-4-3-5-7-13/h3-12H,1-2H3/b9-8+,16-11-. The number of carbonyl (C=O) groups is 1. The lowest BCUT2D eigenvalue weighted by Crippen LogP contribution is -2.01. The zero-order chi connectivity index (χ0) is 18.5. The minimum absolute atomic E-state index is 0.181. The highest BCUT2D eigenvalue weighted by Gasteiger charge is 2.21. The summed E-state index contributed by atoms with van der Waals surface area (Å²) in [7, 11) is 3.02. The fourth-order valence-corrected chi connectivity index (χ4v) is 2.70. The van der Waals surface area contributed by atoms with Gasteiger partial charge in [0.15, 0.2) is 17.2 Å². The molecule has 0 amide bonds. The molecule has 0 atom stereocenters. The van der Waals surface area contributed by atoms with Crippen LogP contribution in [-0.4, -0.2) is 26.1 Å². The van der Waals surface area contributed by atoms with Crippen molar-refractivity contribution in [2.45, 2.75) is 0 Å². The number of ether oxygens (including phenoxy) is 3. The molecule has 2 aromatic carbocycles. The summed E-state index contributed by atoms with van der Waals surface area (Å²) in [6.07, 6.45) is 5.05. The molecule has 0 spiro atoms. The van der Waals surface area contributed by atoms with E-state index in [1.807, 2.05) is 36.4 Å². The molecule has 3 rings (SSSR count). The molecule has 0 fully saturated rings. The number of nitrogens with zero attached hydrogens (tertiary/aromatic N) is 1. The van der Waals surface area contributed by atoms with E-state index in [0.29, 0.717) is 22.1 Å². The number of carbonyl (C=O) groups excluding carboxylic acids is 1. The second-order valence-corrected chi connectivity index (χ2v) is 5.76. The Bertz CT molecular complexity index is 917. The number of cyclic esters (lactones) is 1. The zero-order valence-corrected chi connectivity index (χ0v) is 15.0. The minimum Gasteiger partial charge on any atom is -0.493 e. The van der Waals surface area contributed by atoms with Crippen LogP contribution in [0.5, 0.6) is 11.5 Å². The summed E-state index contributed by atoms with van der Waals surface area (Å²) in [6.45, 7) is 0. The summed E-state index contributed by atoms with van der Waals surface area (Å²) < 4.78 is 15.6. The number of methoxy groups -OCH3 is 2. The first kappa shape index (κ1) is 17.8. The topological polar surface area (TPSA) is 57.1 Å². The van der Waals surface area contributed by atoms with Gasteiger partial charge < -0.3 is 14.2 Å². The van der Waals surface area contributed by atoms with Crippen LogP contribution in [0.15, 0.2) is 59.2 Å². The first-order chi connectivity index (χ1) is 12.6. The van der Waals surface area contributed by atoms with E-state index >= 15 is 0 Å². The fourth-order valence-electron chi connectivity index (χ4n) is 2.41. The van der Waals surface area contributed by atoms with Crippen LogP contribution < -0.4 is 9.47 Å². The SMILES string of the molecule is COc1cc(/C=C2N=C(/C=C/c3ccccc3)OC\2=O)cc(Cl)c1OC. The molecule has 1 aliphatic rings. The number of hydrogen-bond acceptors (Lipinski definition) is 5. The Morgan fingerprint density at radius 3 is 2.50 bits per heavy atom. The van der Waals surface area contributed by atoms with E-state index in [9.17, 15) is 4.79 Å². The Hall–Kier alpha value is -3.05. The molecule has 1 heterocycles. The van der Waals surface area contributed by atoms with Gasteiger partial charge >= 0.3 is 5.97 Å². The van der Waals surface area contributed by atoms with Crippen molar-refractivity contribution >= 4 is 35.6 Å². The average Bonchev–Trinajstić information content (AvgIpc) is 3.00. The summed E-state index contributed by atoms with van der Waals surface area (Å²) >= 11 is 6.18. The smallest absolute Gasteiger partial charge is 0.363 e. The maximum atomic E-state index is 12.0. The van der Waals surface area contributed by atoms with Gasteiger partial charge in [0.2, 0.25) is 5.90 Å². The molecule has 0 N–H and O–H groups in total. The molecule has 0 bridgehead atoms. The van der Waals surface area contributed by atoms with Crippen molar-refractivity contribution < 1.29 is 19.0 Å². The molecule has 0 saturated heterocycles. The van der Waals surface area contributed by atoms with Crippen molar-refractivity contribution in [3.05, 3.63) is 70.4 Å². The highest BCUT2D eigenvalue weighted by Crippen LogP contribution is 2.36. The summed E-state index contributed by atoms with van der Waals surface area (Å²) in [5.74, 6) is 0.604. The van der Waals surface area contributed by atoms with Gasteiger partial charge in [0.1, 0.15) is 0 Å². The Labute approximate surface area is 156 Å². The summed E-state index contributed by atoms with van der Waals surface area (Å²) in [5, 5.41) is 0.373. The fraction of sp³-hybridized carbons (Fsp3) is 0.100. The number of benzene rings is 2. The molecule has 5 nitrogen and oxygen atoms in total. The quantitative estimate of drug-likeness (QED) is 0.580. The Morgan fingerprint density at radius 1 is 1.04 bits per heavy atom. The van der Waals surface area contributed by atoms with Gasteiger partial charge in [-0.15, -0.1) is 0 Å². The number of halogens is 1. The second-order valence-electron chi connectivity index (χ2n) is 5.35. The van der Waals surface area contributed by atoms with Crippen molar-refractivity contribution in [1.82, 2.24) is 0 Å². The van der Waals surface area contributed by atoms with Crippen molar-refractivity contribution in [2.75, 3.05) is 14.2 Å². The highest BCUT2D eigenvalue weighted by atomic mass is 35.5. The van der Waals surface area contributed by atoms with Gasteiger partial charge in [0, 0.05) is 6.08 Å². The molecule has 26 heavy (non-hydrogen) atoms. The molecule has 0 aliphatic carbocycles. The van der Waals surface area contributed by atoms with E-state index in [0.717, 1.165) is 5.56 Å². The molecule has 1 aliphatic heterocycles. The van der Waals surface area contributed by atoms with Crippen LogP contribution in [0.3, 0.4) is 0 Å². The summed E-state index contributed by atoms with van der Waals surface area (Å²) in [5.41, 5.74) is 1.81. The molecular formula is C20H16ClNO4. The molecular weight excluding hydrogens is 354 g/mol. The van der Waals surface area contributed by atoms with Crippen molar-refractivity contribution in [1.29, 1.82) is 0 Å². The monoisotopic (exact) mass is 369 g/mol. The summed E-state index contributed by atoms with van der Waals surface area (Å²) in [6, 6.07) is 13.0. The maximum absolute atomic E-state index is 12.0. The highest BCUT2D eigenvalue weighted by molar-refractivity contribution is 6.32. The van der Waals surface area contributed by atoms with Gasteiger partial charge in [0.25, 0.3) is 0 Å². The number of aliphatic imine (C=N–C) groups is 1. The molecule has 0 aromatic heterocycles. The molecule has 132 valence electrons. The third-order valence-electron chi connectivity index (χ3n) is 3.61. The Balaban J connectivity index is 1.87. The lowest BCUT2D eigenvalue weighted by Gasteiger charge is -2.10. The van der Waals surface area contributed by atoms with E-state index in [4.69, 9.17) is 25.8 Å². The molecule has 6 heteroatoms. The van der Waals surface area contributed by atoms with E-state index in [1.165, 1.54) is 14.2 Å². The van der Waals surface area contributed by atoms with Gasteiger partial charge in [-0.25, -0.2) is 9.79 Å².